The van der Waals surface area contributed by atoms with Gasteiger partial charge in [0.25, 0.3) is 5.56 Å². The molecule has 126 valence electrons. The van der Waals surface area contributed by atoms with Crippen molar-refractivity contribution in [2.45, 2.75) is 13.0 Å². The number of aromatic nitrogens is 2. The summed E-state index contributed by atoms with van der Waals surface area (Å²) < 4.78 is 10.6. The summed E-state index contributed by atoms with van der Waals surface area (Å²) in [6, 6.07) is 11.2. The molecule has 2 heterocycles. The second kappa shape index (κ2) is 7.90. The van der Waals surface area contributed by atoms with E-state index in [1.807, 2.05) is 30.3 Å². The predicted molar refractivity (Wildman–Crippen MR) is 91.9 cm³/mol. The molecule has 1 aromatic carbocycles. The van der Waals surface area contributed by atoms with Crippen molar-refractivity contribution in [3.63, 3.8) is 0 Å². The molecule has 6 heteroatoms. The Kier molecular flexibility index (Phi) is 5.40. The van der Waals surface area contributed by atoms with E-state index in [-0.39, 0.29) is 5.56 Å². The number of hydrogen-bond acceptors (Lipinski definition) is 5. The van der Waals surface area contributed by atoms with E-state index in [0.29, 0.717) is 30.8 Å². The summed E-state index contributed by atoms with van der Waals surface area (Å²) in [5.74, 6) is 1.60. The molecule has 0 amide bonds. The van der Waals surface area contributed by atoms with Gasteiger partial charge in [0.15, 0.2) is 0 Å². The summed E-state index contributed by atoms with van der Waals surface area (Å²) in [7, 11) is 1.69. The molecule has 0 atom stereocenters. The largest absolute Gasteiger partial charge is 0.468 e. The number of methoxy groups -OCH3 is 1. The molecular weight excluding hydrogens is 306 g/mol. The van der Waals surface area contributed by atoms with Gasteiger partial charge in [0, 0.05) is 26.6 Å². The van der Waals surface area contributed by atoms with Crippen molar-refractivity contribution in [3.8, 4) is 0 Å². The highest BCUT2D eigenvalue weighted by atomic mass is 16.5. The van der Waals surface area contributed by atoms with Gasteiger partial charge in [-0.25, -0.2) is 4.98 Å². The van der Waals surface area contributed by atoms with Gasteiger partial charge in [0.05, 0.1) is 30.3 Å². The smallest absolute Gasteiger partial charge is 0.258 e. The molecule has 6 nitrogen and oxygen atoms in total. The van der Waals surface area contributed by atoms with Gasteiger partial charge in [-0.3, -0.25) is 9.69 Å². The van der Waals surface area contributed by atoms with Crippen LogP contribution in [0, 0.1) is 0 Å². The van der Waals surface area contributed by atoms with E-state index in [1.54, 1.807) is 19.4 Å². The molecule has 0 bridgehead atoms. The van der Waals surface area contributed by atoms with Crippen LogP contribution in [0.25, 0.3) is 10.9 Å². The normalized spacial score (nSPS) is 11.4. The minimum atomic E-state index is -0.0925. The van der Waals surface area contributed by atoms with Crippen LogP contribution < -0.4 is 5.56 Å². The molecule has 3 rings (SSSR count). The number of aromatic amines is 1. The van der Waals surface area contributed by atoms with Gasteiger partial charge in [-0.05, 0) is 24.3 Å². The van der Waals surface area contributed by atoms with Gasteiger partial charge in [0.1, 0.15) is 11.6 Å². The van der Waals surface area contributed by atoms with E-state index in [1.165, 1.54) is 0 Å². The van der Waals surface area contributed by atoms with Crippen LogP contribution >= 0.6 is 0 Å². The Labute approximate surface area is 140 Å². The Hall–Kier alpha value is -2.44. The lowest BCUT2D eigenvalue weighted by Crippen LogP contribution is -2.30. The van der Waals surface area contributed by atoms with E-state index in [0.717, 1.165) is 24.4 Å². The summed E-state index contributed by atoms with van der Waals surface area (Å²) in [6.45, 7) is 2.89. The minimum Gasteiger partial charge on any atom is -0.468 e. The molecule has 0 saturated carbocycles. The first-order chi connectivity index (χ1) is 11.8. The highest BCUT2D eigenvalue weighted by Gasteiger charge is 2.10. The van der Waals surface area contributed by atoms with Gasteiger partial charge in [0.2, 0.25) is 0 Å². The average Bonchev–Trinajstić information content (AvgIpc) is 3.10. The SMILES string of the molecule is COCCN(CCc1nc2ccccc2c(=O)[nH]1)Cc1ccco1. The molecule has 0 radical (unpaired) electrons. The van der Waals surface area contributed by atoms with Gasteiger partial charge in [-0.15, -0.1) is 0 Å². The van der Waals surface area contributed by atoms with E-state index in [2.05, 4.69) is 14.9 Å². The zero-order valence-electron chi connectivity index (χ0n) is 13.7. The summed E-state index contributed by atoms with van der Waals surface area (Å²) in [6.07, 6.45) is 2.33. The number of nitrogens with one attached hydrogen (secondary N) is 1. The second-order valence-electron chi connectivity index (χ2n) is 5.63. The van der Waals surface area contributed by atoms with Crippen LogP contribution in [0.4, 0.5) is 0 Å². The second-order valence-corrected chi connectivity index (χ2v) is 5.63. The van der Waals surface area contributed by atoms with Crippen LogP contribution in [0.1, 0.15) is 11.6 Å². The number of ether oxygens (including phenoxy) is 1. The lowest BCUT2D eigenvalue weighted by atomic mass is 10.2. The number of para-hydroxylation sites is 1. The van der Waals surface area contributed by atoms with Crippen LogP contribution in [0.3, 0.4) is 0 Å². The molecule has 0 spiro atoms. The summed E-state index contributed by atoms with van der Waals surface area (Å²) in [4.78, 5) is 21.8. The maximum Gasteiger partial charge on any atom is 0.258 e. The third kappa shape index (κ3) is 4.10. The fraction of sp³-hybridized carbons (Fsp3) is 0.333. The first kappa shape index (κ1) is 16.4. The fourth-order valence-electron chi connectivity index (χ4n) is 2.63. The van der Waals surface area contributed by atoms with Crippen LogP contribution in [0.15, 0.2) is 51.9 Å². The number of hydrogen-bond donors (Lipinski definition) is 1. The molecule has 2 aromatic heterocycles. The summed E-state index contributed by atoms with van der Waals surface area (Å²) in [5.41, 5.74) is 0.635. The quantitative estimate of drug-likeness (QED) is 0.687. The number of H-pyrrole nitrogens is 1. The molecule has 0 aliphatic carbocycles. The zero-order chi connectivity index (χ0) is 16.8. The molecule has 1 N–H and O–H groups in total. The topological polar surface area (TPSA) is 71.4 Å². The number of furan rings is 1. The zero-order valence-corrected chi connectivity index (χ0v) is 13.7. The molecule has 0 aliphatic heterocycles. The van der Waals surface area contributed by atoms with E-state index < -0.39 is 0 Å². The maximum absolute atomic E-state index is 12.1. The number of fused-ring (bicyclic) bond motifs is 1. The third-order valence-corrected chi connectivity index (χ3v) is 3.90. The first-order valence-electron chi connectivity index (χ1n) is 7.98. The number of nitrogens with zero attached hydrogens (tertiary/aromatic N) is 2. The molecule has 0 unspecified atom stereocenters. The van der Waals surface area contributed by atoms with Crippen molar-refractivity contribution >= 4 is 10.9 Å². The number of rotatable bonds is 8. The Bertz CT molecular complexity index is 827. The minimum absolute atomic E-state index is 0.0925. The fourth-order valence-corrected chi connectivity index (χ4v) is 2.63. The molecular formula is C18H21N3O3. The van der Waals surface area contributed by atoms with Gasteiger partial charge in [-0.1, -0.05) is 12.1 Å². The predicted octanol–water partition coefficient (Wildman–Crippen LogP) is 2.21. The summed E-state index contributed by atoms with van der Waals surface area (Å²) in [5, 5.41) is 0.619. The average molecular weight is 327 g/mol. The molecule has 0 fully saturated rings. The highest BCUT2D eigenvalue weighted by Crippen LogP contribution is 2.08. The van der Waals surface area contributed by atoms with E-state index in [9.17, 15) is 4.79 Å². The van der Waals surface area contributed by atoms with E-state index in [4.69, 9.17) is 9.15 Å². The van der Waals surface area contributed by atoms with Crippen LogP contribution in [-0.2, 0) is 17.7 Å². The van der Waals surface area contributed by atoms with Crippen molar-refractivity contribution in [3.05, 3.63) is 64.6 Å². The summed E-state index contributed by atoms with van der Waals surface area (Å²) >= 11 is 0. The lowest BCUT2D eigenvalue weighted by Gasteiger charge is -2.20. The Morgan fingerprint density at radius 1 is 1.21 bits per heavy atom. The van der Waals surface area contributed by atoms with Gasteiger partial charge < -0.3 is 14.1 Å². The lowest BCUT2D eigenvalue weighted by molar-refractivity contribution is 0.139. The molecule has 3 aromatic rings. The Morgan fingerprint density at radius 2 is 2.08 bits per heavy atom. The van der Waals surface area contributed by atoms with Gasteiger partial charge in [-0.2, -0.15) is 0 Å². The van der Waals surface area contributed by atoms with Crippen LogP contribution in [-0.4, -0.2) is 41.7 Å². The van der Waals surface area contributed by atoms with Crippen LogP contribution in [0.5, 0.6) is 0 Å². The monoisotopic (exact) mass is 327 g/mol. The Balaban J connectivity index is 1.70. The van der Waals surface area contributed by atoms with Crippen molar-refractivity contribution in [1.82, 2.24) is 14.9 Å². The van der Waals surface area contributed by atoms with Crippen molar-refractivity contribution in [1.29, 1.82) is 0 Å². The van der Waals surface area contributed by atoms with Gasteiger partial charge >= 0.3 is 0 Å². The van der Waals surface area contributed by atoms with Crippen LogP contribution in [0.2, 0.25) is 0 Å². The third-order valence-electron chi connectivity index (χ3n) is 3.90. The molecule has 0 aliphatic rings. The van der Waals surface area contributed by atoms with Crippen molar-refractivity contribution in [2.75, 3.05) is 26.8 Å². The highest BCUT2D eigenvalue weighted by molar-refractivity contribution is 5.77. The molecule has 0 saturated heterocycles. The van der Waals surface area contributed by atoms with E-state index >= 15 is 0 Å². The number of benzene rings is 1. The first-order valence-corrected chi connectivity index (χ1v) is 7.98. The van der Waals surface area contributed by atoms with Crippen molar-refractivity contribution < 1.29 is 9.15 Å². The Morgan fingerprint density at radius 3 is 2.88 bits per heavy atom. The molecule has 24 heavy (non-hydrogen) atoms. The maximum atomic E-state index is 12.1. The standard InChI is InChI=1S/C18H21N3O3/c1-23-12-10-21(13-14-5-4-11-24-14)9-8-17-19-16-7-3-2-6-15(16)18(22)20-17/h2-7,11H,8-10,12-13H2,1H3,(H,19,20,22). The van der Waals surface area contributed by atoms with Crippen molar-refractivity contribution in [2.24, 2.45) is 0 Å².